The maximum Gasteiger partial charge on any atom is 0.134 e. The molecular formula is C16H15NO. The third-order valence-electron chi connectivity index (χ3n) is 3.15. The molecule has 0 aliphatic carbocycles. The minimum Gasteiger partial charge on any atom is -0.459 e. The minimum atomic E-state index is 0.0959. The van der Waals surface area contributed by atoms with E-state index in [9.17, 15) is 0 Å². The second-order valence-electron chi connectivity index (χ2n) is 4.32. The van der Waals surface area contributed by atoms with Crippen LogP contribution in [0.4, 0.5) is 0 Å². The summed E-state index contributed by atoms with van der Waals surface area (Å²) >= 11 is 0. The Labute approximate surface area is 106 Å². The molecule has 1 aromatic heterocycles. The van der Waals surface area contributed by atoms with E-state index in [2.05, 4.69) is 29.6 Å². The topological polar surface area (TPSA) is 25.2 Å². The Morgan fingerprint density at radius 2 is 1.67 bits per heavy atom. The number of nitrogens with one attached hydrogen (secondary N) is 1. The zero-order valence-corrected chi connectivity index (χ0v) is 10.3. The molecule has 2 heteroatoms. The van der Waals surface area contributed by atoms with Gasteiger partial charge in [-0.25, -0.2) is 0 Å². The summed E-state index contributed by atoms with van der Waals surface area (Å²) in [6, 6.07) is 20.6. The van der Waals surface area contributed by atoms with E-state index in [-0.39, 0.29) is 6.04 Å². The van der Waals surface area contributed by atoms with Gasteiger partial charge in [-0.05, 0) is 24.7 Å². The van der Waals surface area contributed by atoms with Crippen LogP contribution in [0.25, 0.3) is 11.0 Å². The van der Waals surface area contributed by atoms with Gasteiger partial charge in [-0.1, -0.05) is 48.5 Å². The van der Waals surface area contributed by atoms with Gasteiger partial charge in [0.15, 0.2) is 0 Å². The van der Waals surface area contributed by atoms with Crippen molar-refractivity contribution in [2.24, 2.45) is 0 Å². The SMILES string of the molecule is CNC(c1ccccc1)c1cc2ccccc2o1. The second-order valence-corrected chi connectivity index (χ2v) is 4.32. The fraction of sp³-hybridized carbons (Fsp3) is 0.125. The highest BCUT2D eigenvalue weighted by atomic mass is 16.3. The van der Waals surface area contributed by atoms with Crippen molar-refractivity contribution in [3.63, 3.8) is 0 Å². The third-order valence-corrected chi connectivity index (χ3v) is 3.15. The fourth-order valence-corrected chi connectivity index (χ4v) is 2.26. The van der Waals surface area contributed by atoms with Gasteiger partial charge in [0.05, 0.1) is 6.04 Å². The lowest BCUT2D eigenvalue weighted by Gasteiger charge is -2.13. The van der Waals surface area contributed by atoms with Gasteiger partial charge < -0.3 is 9.73 Å². The highest BCUT2D eigenvalue weighted by Gasteiger charge is 2.15. The van der Waals surface area contributed by atoms with Crippen molar-refractivity contribution in [3.05, 3.63) is 72.0 Å². The zero-order chi connectivity index (χ0) is 12.4. The van der Waals surface area contributed by atoms with E-state index in [1.165, 1.54) is 5.56 Å². The van der Waals surface area contributed by atoms with E-state index >= 15 is 0 Å². The molecule has 0 radical (unpaired) electrons. The smallest absolute Gasteiger partial charge is 0.134 e. The highest BCUT2D eigenvalue weighted by Crippen LogP contribution is 2.27. The quantitative estimate of drug-likeness (QED) is 0.750. The van der Waals surface area contributed by atoms with Gasteiger partial charge in [0.25, 0.3) is 0 Å². The number of furan rings is 1. The van der Waals surface area contributed by atoms with Gasteiger partial charge in [0.2, 0.25) is 0 Å². The van der Waals surface area contributed by atoms with Gasteiger partial charge in [-0.15, -0.1) is 0 Å². The molecule has 0 saturated carbocycles. The van der Waals surface area contributed by atoms with Crippen LogP contribution in [0.2, 0.25) is 0 Å². The van der Waals surface area contributed by atoms with Crippen LogP contribution in [0.15, 0.2) is 65.1 Å². The maximum atomic E-state index is 5.91. The average Bonchev–Trinajstić information content (AvgIpc) is 2.84. The maximum absolute atomic E-state index is 5.91. The van der Waals surface area contributed by atoms with E-state index in [0.717, 1.165) is 16.7 Å². The van der Waals surface area contributed by atoms with Crippen LogP contribution in [0.5, 0.6) is 0 Å². The first-order valence-electron chi connectivity index (χ1n) is 6.09. The van der Waals surface area contributed by atoms with E-state index < -0.39 is 0 Å². The van der Waals surface area contributed by atoms with Gasteiger partial charge in [-0.2, -0.15) is 0 Å². The summed E-state index contributed by atoms with van der Waals surface area (Å²) in [6.45, 7) is 0. The Bertz CT molecular complexity index is 609. The molecule has 18 heavy (non-hydrogen) atoms. The number of benzene rings is 2. The molecule has 0 bridgehead atoms. The number of para-hydroxylation sites is 1. The standard InChI is InChI=1S/C16H15NO/c1-17-16(12-7-3-2-4-8-12)15-11-13-9-5-6-10-14(13)18-15/h2-11,16-17H,1H3. The van der Waals surface area contributed by atoms with Crippen molar-refractivity contribution in [2.75, 3.05) is 7.05 Å². The summed E-state index contributed by atoms with van der Waals surface area (Å²) in [6.07, 6.45) is 0. The molecule has 0 amide bonds. The molecule has 0 fully saturated rings. The molecule has 0 spiro atoms. The fourth-order valence-electron chi connectivity index (χ4n) is 2.26. The molecule has 1 atom stereocenters. The van der Waals surface area contributed by atoms with Crippen LogP contribution in [0, 0.1) is 0 Å². The normalized spacial score (nSPS) is 12.7. The monoisotopic (exact) mass is 237 g/mol. The van der Waals surface area contributed by atoms with Gasteiger partial charge in [-0.3, -0.25) is 0 Å². The second kappa shape index (κ2) is 4.67. The molecule has 2 aromatic carbocycles. The molecular weight excluding hydrogens is 222 g/mol. The Kier molecular flexibility index (Phi) is 2.87. The Morgan fingerprint density at radius 1 is 0.944 bits per heavy atom. The molecule has 90 valence electrons. The Balaban J connectivity index is 2.06. The molecule has 2 nitrogen and oxygen atoms in total. The van der Waals surface area contributed by atoms with Gasteiger partial charge >= 0.3 is 0 Å². The average molecular weight is 237 g/mol. The highest BCUT2D eigenvalue weighted by molar-refractivity contribution is 5.77. The summed E-state index contributed by atoms with van der Waals surface area (Å²) in [5.74, 6) is 0.949. The van der Waals surface area contributed by atoms with Crippen molar-refractivity contribution >= 4 is 11.0 Å². The lowest BCUT2D eigenvalue weighted by atomic mass is 10.0. The largest absolute Gasteiger partial charge is 0.459 e. The molecule has 1 heterocycles. The first-order valence-corrected chi connectivity index (χ1v) is 6.09. The van der Waals surface area contributed by atoms with Crippen LogP contribution in [0.3, 0.4) is 0 Å². The molecule has 0 saturated heterocycles. The molecule has 3 aromatic rings. The molecule has 1 unspecified atom stereocenters. The lowest BCUT2D eigenvalue weighted by Crippen LogP contribution is -2.16. The lowest BCUT2D eigenvalue weighted by molar-refractivity contribution is 0.491. The first-order chi connectivity index (χ1) is 8.88. The van der Waals surface area contributed by atoms with E-state index in [0.29, 0.717) is 0 Å². The number of fused-ring (bicyclic) bond motifs is 1. The first kappa shape index (κ1) is 11.1. The van der Waals surface area contributed by atoms with Gasteiger partial charge in [0, 0.05) is 5.39 Å². The van der Waals surface area contributed by atoms with E-state index in [1.807, 2.05) is 43.4 Å². The summed E-state index contributed by atoms with van der Waals surface area (Å²) in [4.78, 5) is 0. The van der Waals surface area contributed by atoms with Crippen LogP contribution in [-0.2, 0) is 0 Å². The number of rotatable bonds is 3. The van der Waals surface area contributed by atoms with Crippen LogP contribution >= 0.6 is 0 Å². The van der Waals surface area contributed by atoms with Crippen molar-refractivity contribution in [1.82, 2.24) is 5.32 Å². The molecule has 0 aliphatic heterocycles. The Morgan fingerprint density at radius 3 is 2.39 bits per heavy atom. The third kappa shape index (κ3) is 1.91. The van der Waals surface area contributed by atoms with Crippen LogP contribution in [-0.4, -0.2) is 7.05 Å². The van der Waals surface area contributed by atoms with Crippen molar-refractivity contribution < 1.29 is 4.42 Å². The van der Waals surface area contributed by atoms with Crippen LogP contribution < -0.4 is 5.32 Å². The number of hydrogen-bond donors (Lipinski definition) is 1. The van der Waals surface area contributed by atoms with Crippen LogP contribution in [0.1, 0.15) is 17.4 Å². The minimum absolute atomic E-state index is 0.0959. The Hall–Kier alpha value is -2.06. The predicted octanol–water partition coefficient (Wildman–Crippen LogP) is 3.74. The van der Waals surface area contributed by atoms with E-state index in [4.69, 9.17) is 4.42 Å². The summed E-state index contributed by atoms with van der Waals surface area (Å²) in [5, 5.41) is 4.44. The molecule has 1 N–H and O–H groups in total. The van der Waals surface area contributed by atoms with Crippen molar-refractivity contribution in [1.29, 1.82) is 0 Å². The molecule has 0 aliphatic rings. The van der Waals surface area contributed by atoms with E-state index in [1.54, 1.807) is 0 Å². The molecule has 3 rings (SSSR count). The summed E-state index contributed by atoms with van der Waals surface area (Å²) < 4.78 is 5.91. The van der Waals surface area contributed by atoms with Crippen molar-refractivity contribution in [2.45, 2.75) is 6.04 Å². The predicted molar refractivity (Wildman–Crippen MR) is 73.6 cm³/mol. The zero-order valence-electron chi connectivity index (χ0n) is 10.3. The summed E-state index contributed by atoms with van der Waals surface area (Å²) in [5.41, 5.74) is 2.14. The van der Waals surface area contributed by atoms with Crippen molar-refractivity contribution in [3.8, 4) is 0 Å². The van der Waals surface area contributed by atoms with Gasteiger partial charge in [0.1, 0.15) is 11.3 Å². The number of hydrogen-bond acceptors (Lipinski definition) is 2. The summed E-state index contributed by atoms with van der Waals surface area (Å²) in [7, 11) is 1.95.